The highest BCUT2D eigenvalue weighted by Crippen LogP contribution is 2.36. The first-order valence-corrected chi connectivity index (χ1v) is 8.37. The van der Waals surface area contributed by atoms with Crippen molar-refractivity contribution in [2.75, 3.05) is 26.2 Å². The van der Waals surface area contributed by atoms with Crippen LogP contribution in [-0.4, -0.2) is 31.1 Å². The van der Waals surface area contributed by atoms with Gasteiger partial charge in [0, 0.05) is 36.1 Å². The summed E-state index contributed by atoms with van der Waals surface area (Å²) in [6.45, 7) is 3.68. The molecule has 0 bridgehead atoms. The van der Waals surface area contributed by atoms with Crippen molar-refractivity contribution in [3.8, 4) is 0 Å². The normalized spacial score (nSPS) is 17.0. The summed E-state index contributed by atoms with van der Waals surface area (Å²) >= 11 is 13.6. The van der Waals surface area contributed by atoms with Gasteiger partial charge in [-0.05, 0) is 35.9 Å². The van der Waals surface area contributed by atoms with E-state index in [4.69, 9.17) is 23.2 Å². The number of hydrogen-bond acceptors (Lipinski definition) is 3. The van der Waals surface area contributed by atoms with E-state index >= 15 is 0 Å². The summed E-state index contributed by atoms with van der Waals surface area (Å²) in [5, 5.41) is 3.76. The second-order valence-corrected chi connectivity index (χ2v) is 7.22. The maximum atomic E-state index is 13.7. The molecule has 0 spiro atoms. The molecule has 1 N–H and O–H groups in total. The van der Waals surface area contributed by atoms with Crippen LogP contribution in [-0.2, 0) is 0 Å². The number of nitrogens with zero attached hydrogens (tertiary/aromatic N) is 1. The minimum absolute atomic E-state index is 0. The molecule has 0 amide bonds. The molecule has 7 heteroatoms. The van der Waals surface area contributed by atoms with Crippen molar-refractivity contribution in [3.63, 3.8) is 0 Å². The van der Waals surface area contributed by atoms with Crippen LogP contribution in [0.25, 0.3) is 0 Å². The molecule has 1 saturated heterocycles. The van der Waals surface area contributed by atoms with Gasteiger partial charge in [-0.3, -0.25) is 4.90 Å². The molecule has 0 unspecified atom stereocenters. The molecule has 1 atom stereocenters. The highest BCUT2D eigenvalue weighted by molar-refractivity contribution is 7.16. The standard InChI is InChI=1S/C15H15Cl2FN2S.ClH/c16-11-7-10(8-12(18)9-11)15(13-1-2-14(17)21-13)20-5-3-19-4-6-20;/h1-2,7-9,15,19H,3-6H2;1H/t15-;/m0./s1. The summed E-state index contributed by atoms with van der Waals surface area (Å²) < 4.78 is 14.5. The lowest BCUT2D eigenvalue weighted by molar-refractivity contribution is 0.200. The Morgan fingerprint density at radius 1 is 1.14 bits per heavy atom. The molecule has 1 aromatic carbocycles. The molecule has 0 saturated carbocycles. The average molecular weight is 382 g/mol. The van der Waals surface area contributed by atoms with Crippen molar-refractivity contribution >= 4 is 46.9 Å². The van der Waals surface area contributed by atoms with E-state index in [-0.39, 0.29) is 24.3 Å². The quantitative estimate of drug-likeness (QED) is 0.835. The topological polar surface area (TPSA) is 15.3 Å². The van der Waals surface area contributed by atoms with Crippen molar-refractivity contribution in [3.05, 3.63) is 55.9 Å². The Kier molecular flexibility index (Phi) is 6.50. The van der Waals surface area contributed by atoms with Crippen molar-refractivity contribution in [1.29, 1.82) is 0 Å². The summed E-state index contributed by atoms with van der Waals surface area (Å²) in [6.07, 6.45) is 0. The average Bonchev–Trinajstić information content (AvgIpc) is 2.85. The third-order valence-corrected chi connectivity index (χ3v) is 5.08. The molecule has 2 heterocycles. The zero-order chi connectivity index (χ0) is 14.8. The molecule has 22 heavy (non-hydrogen) atoms. The van der Waals surface area contributed by atoms with Crippen molar-refractivity contribution < 1.29 is 4.39 Å². The fourth-order valence-electron chi connectivity index (χ4n) is 2.70. The number of piperazine rings is 1. The van der Waals surface area contributed by atoms with Gasteiger partial charge in [0.1, 0.15) is 5.82 Å². The Morgan fingerprint density at radius 2 is 1.86 bits per heavy atom. The summed E-state index contributed by atoms with van der Waals surface area (Å²) in [6, 6.07) is 8.63. The van der Waals surface area contributed by atoms with Gasteiger partial charge in [-0.2, -0.15) is 0 Å². The third kappa shape index (κ3) is 4.13. The van der Waals surface area contributed by atoms with Crippen LogP contribution >= 0.6 is 46.9 Å². The van der Waals surface area contributed by atoms with Crippen molar-refractivity contribution in [1.82, 2.24) is 10.2 Å². The van der Waals surface area contributed by atoms with Crippen LogP contribution in [0.1, 0.15) is 16.5 Å². The first-order valence-electron chi connectivity index (χ1n) is 6.79. The van der Waals surface area contributed by atoms with Crippen LogP contribution in [0.15, 0.2) is 30.3 Å². The van der Waals surface area contributed by atoms with Gasteiger partial charge in [0.2, 0.25) is 0 Å². The van der Waals surface area contributed by atoms with Gasteiger partial charge in [0.15, 0.2) is 0 Å². The lowest BCUT2D eigenvalue weighted by Gasteiger charge is -2.34. The molecular formula is C15H16Cl3FN2S. The predicted octanol–water partition coefficient (Wildman–Crippen LogP) is 4.61. The maximum Gasteiger partial charge on any atom is 0.125 e. The largest absolute Gasteiger partial charge is 0.314 e. The first kappa shape index (κ1) is 18.0. The van der Waals surface area contributed by atoms with E-state index in [0.29, 0.717) is 5.02 Å². The van der Waals surface area contributed by atoms with E-state index in [1.807, 2.05) is 18.2 Å². The van der Waals surface area contributed by atoms with Gasteiger partial charge < -0.3 is 5.32 Å². The summed E-state index contributed by atoms with van der Waals surface area (Å²) in [5.74, 6) is -0.305. The van der Waals surface area contributed by atoms with Gasteiger partial charge in [-0.15, -0.1) is 23.7 Å². The number of nitrogens with one attached hydrogen (secondary N) is 1. The predicted molar refractivity (Wildman–Crippen MR) is 94.3 cm³/mol. The second-order valence-electron chi connectivity index (χ2n) is 5.03. The molecule has 1 aliphatic heterocycles. The molecule has 2 aromatic rings. The highest BCUT2D eigenvalue weighted by atomic mass is 35.5. The van der Waals surface area contributed by atoms with E-state index in [0.717, 1.165) is 41.0 Å². The third-order valence-electron chi connectivity index (χ3n) is 3.58. The fraction of sp³-hybridized carbons (Fsp3) is 0.333. The SMILES string of the molecule is Cl.Fc1cc(Cl)cc([C@@H](c2ccc(Cl)s2)N2CCNCC2)c1. The Morgan fingerprint density at radius 3 is 2.45 bits per heavy atom. The van der Waals surface area contributed by atoms with Crippen molar-refractivity contribution in [2.24, 2.45) is 0 Å². The molecule has 120 valence electrons. The molecule has 2 nitrogen and oxygen atoms in total. The maximum absolute atomic E-state index is 13.7. The Labute approximate surface area is 149 Å². The number of hydrogen-bond donors (Lipinski definition) is 1. The lowest BCUT2D eigenvalue weighted by atomic mass is 10.0. The van der Waals surface area contributed by atoms with Crippen LogP contribution in [0.4, 0.5) is 4.39 Å². The number of rotatable bonds is 3. The summed E-state index contributed by atoms with van der Waals surface area (Å²) in [7, 11) is 0. The monoisotopic (exact) mass is 380 g/mol. The number of thiophene rings is 1. The molecule has 0 radical (unpaired) electrons. The van der Waals surface area contributed by atoms with E-state index in [9.17, 15) is 4.39 Å². The van der Waals surface area contributed by atoms with E-state index in [1.165, 1.54) is 17.4 Å². The van der Waals surface area contributed by atoms with Crippen LogP contribution in [0.2, 0.25) is 9.36 Å². The fourth-order valence-corrected chi connectivity index (χ4v) is 4.16. The number of halogens is 4. The molecule has 1 fully saturated rings. The minimum atomic E-state index is -0.305. The van der Waals surface area contributed by atoms with Gasteiger partial charge in [-0.25, -0.2) is 4.39 Å². The van der Waals surface area contributed by atoms with Crippen LogP contribution < -0.4 is 5.32 Å². The second kappa shape index (κ2) is 7.95. The number of benzene rings is 1. The zero-order valence-corrected chi connectivity index (χ0v) is 14.8. The van der Waals surface area contributed by atoms with E-state index < -0.39 is 0 Å². The van der Waals surface area contributed by atoms with E-state index in [1.54, 1.807) is 6.07 Å². The van der Waals surface area contributed by atoms with E-state index in [2.05, 4.69) is 10.2 Å². The van der Waals surface area contributed by atoms with Gasteiger partial charge in [-0.1, -0.05) is 23.2 Å². The van der Waals surface area contributed by atoms with Gasteiger partial charge in [0.05, 0.1) is 10.4 Å². The molecule has 0 aliphatic carbocycles. The van der Waals surface area contributed by atoms with Crippen LogP contribution in [0, 0.1) is 5.82 Å². The van der Waals surface area contributed by atoms with Gasteiger partial charge >= 0.3 is 0 Å². The highest BCUT2D eigenvalue weighted by Gasteiger charge is 2.26. The van der Waals surface area contributed by atoms with Crippen LogP contribution in [0.5, 0.6) is 0 Å². The molecular weight excluding hydrogens is 366 g/mol. The van der Waals surface area contributed by atoms with Crippen molar-refractivity contribution in [2.45, 2.75) is 6.04 Å². The molecule has 1 aromatic heterocycles. The smallest absolute Gasteiger partial charge is 0.125 e. The van der Waals surface area contributed by atoms with Crippen LogP contribution in [0.3, 0.4) is 0 Å². The minimum Gasteiger partial charge on any atom is -0.314 e. The van der Waals surface area contributed by atoms with Gasteiger partial charge in [0.25, 0.3) is 0 Å². The Bertz CT molecular complexity index is 609. The lowest BCUT2D eigenvalue weighted by Crippen LogP contribution is -2.45. The first-order chi connectivity index (χ1) is 10.1. The zero-order valence-electron chi connectivity index (χ0n) is 11.7. The summed E-state index contributed by atoms with van der Waals surface area (Å²) in [4.78, 5) is 3.45. The molecule has 1 aliphatic rings. The Balaban J connectivity index is 0.00000176. The Hall–Kier alpha value is -0.360. The summed E-state index contributed by atoms with van der Waals surface area (Å²) in [5.41, 5.74) is 0.875. The molecule has 3 rings (SSSR count).